The normalized spacial score (nSPS) is 23.0. The number of benzene rings is 1. The lowest BCUT2D eigenvalue weighted by Gasteiger charge is -2.36. The fraction of sp³-hybridized carbons (Fsp3) is 0.440. The highest BCUT2D eigenvalue weighted by atomic mass is 28.3. The molecule has 0 fully saturated rings. The lowest BCUT2D eigenvalue weighted by atomic mass is 9.78. The predicted molar refractivity (Wildman–Crippen MR) is 133 cm³/mol. The number of nitrogens with zero attached hydrogens (tertiary/aromatic N) is 4. The molecule has 182 valence electrons. The number of aliphatic hydroxyl groups is 1. The van der Waals surface area contributed by atoms with Crippen molar-refractivity contribution >= 4 is 25.9 Å². The first kappa shape index (κ1) is 23.4. The molecule has 4 aliphatic rings. The van der Waals surface area contributed by atoms with Gasteiger partial charge in [0.25, 0.3) is 0 Å². The van der Waals surface area contributed by atoms with Gasteiger partial charge in [0, 0.05) is 28.8 Å². The Labute approximate surface area is 204 Å². The molecule has 0 bridgehead atoms. The maximum atomic E-state index is 13.6. The number of carbonyl (C=O) groups excluding carboxylic acids is 2. The molecule has 2 N–H and O–H groups in total. The van der Waals surface area contributed by atoms with Crippen LogP contribution in [0, 0.1) is 0 Å². The van der Waals surface area contributed by atoms with E-state index in [1.54, 1.807) is 6.92 Å². The number of allylic oxidation sites excluding steroid dienone is 2. The Balaban J connectivity index is 1.43. The Morgan fingerprint density at radius 2 is 2.14 bits per heavy atom. The second kappa shape index (κ2) is 8.41. The van der Waals surface area contributed by atoms with Crippen molar-refractivity contribution in [3.05, 3.63) is 73.7 Å². The third-order valence-electron chi connectivity index (χ3n) is 7.58. The molecule has 0 saturated heterocycles. The van der Waals surface area contributed by atoms with E-state index < -0.39 is 19.6 Å². The van der Waals surface area contributed by atoms with Gasteiger partial charge in [-0.2, -0.15) is 0 Å². The summed E-state index contributed by atoms with van der Waals surface area (Å²) in [6.07, 6.45) is 3.99. The van der Waals surface area contributed by atoms with Crippen molar-refractivity contribution in [1.82, 2.24) is 10.2 Å². The van der Waals surface area contributed by atoms with Gasteiger partial charge in [0.2, 0.25) is 5.78 Å². The van der Waals surface area contributed by atoms with E-state index in [9.17, 15) is 14.7 Å². The van der Waals surface area contributed by atoms with Gasteiger partial charge >= 0.3 is 5.97 Å². The average Bonchev–Trinajstić information content (AvgIpc) is 3.20. The van der Waals surface area contributed by atoms with Crippen molar-refractivity contribution in [2.24, 2.45) is 5.11 Å². The molecule has 0 unspecified atom stereocenters. The fourth-order valence-corrected chi connectivity index (χ4v) is 6.93. The van der Waals surface area contributed by atoms with E-state index in [0.29, 0.717) is 36.0 Å². The molecule has 0 aromatic heterocycles. The summed E-state index contributed by atoms with van der Waals surface area (Å²) in [5.41, 5.74) is 12.6. The lowest BCUT2D eigenvalue weighted by Crippen LogP contribution is -2.48. The number of esters is 1. The lowest BCUT2D eigenvalue weighted by molar-refractivity contribution is -0.163. The van der Waals surface area contributed by atoms with Crippen molar-refractivity contribution in [3.63, 3.8) is 0 Å². The molecular weight excluding hydrogens is 462 g/mol. The van der Waals surface area contributed by atoms with Crippen LogP contribution in [0.5, 0.6) is 0 Å². The second-order valence-corrected chi connectivity index (χ2v) is 15.5. The molecule has 1 atom stereocenters. The summed E-state index contributed by atoms with van der Waals surface area (Å²) in [6.45, 7) is 6.64. The predicted octanol–water partition coefficient (Wildman–Crippen LogP) is 3.68. The molecule has 10 heteroatoms. The molecule has 0 amide bonds. The summed E-state index contributed by atoms with van der Waals surface area (Å²) in [6, 6.07) is 7.28. The third kappa shape index (κ3) is 3.78. The molecule has 35 heavy (non-hydrogen) atoms. The molecule has 0 saturated carbocycles. The van der Waals surface area contributed by atoms with Gasteiger partial charge in [0.05, 0.1) is 14.6 Å². The third-order valence-corrected chi connectivity index (χ3v) is 10.2. The fourth-order valence-electron chi connectivity index (χ4n) is 5.38. The standard InChI is InChI=1S/C25H29N5O4Si/c1-4-25(33)19-11-20-22(23(31)18(19)13-34-24(25)32)30-12-17-15(8-9-35(2,3)14-27-29-26)6-5-7-16(17)10-21(30)28-20/h5-7,10,28,33H,4,8-9,11-14H2,1-3H3/t25-/m0/s1. The van der Waals surface area contributed by atoms with Crippen molar-refractivity contribution in [3.8, 4) is 0 Å². The van der Waals surface area contributed by atoms with Crippen LogP contribution < -0.4 is 5.32 Å². The summed E-state index contributed by atoms with van der Waals surface area (Å²) >= 11 is 0. The zero-order chi connectivity index (χ0) is 25.0. The monoisotopic (exact) mass is 491 g/mol. The number of ether oxygens (including phenoxy) is 1. The summed E-state index contributed by atoms with van der Waals surface area (Å²) in [5, 5.41) is 18.2. The maximum Gasteiger partial charge on any atom is 0.342 e. The van der Waals surface area contributed by atoms with Crippen LogP contribution in [-0.4, -0.2) is 48.2 Å². The van der Waals surface area contributed by atoms with E-state index in [1.807, 2.05) is 4.90 Å². The van der Waals surface area contributed by atoms with Crippen molar-refractivity contribution < 1.29 is 19.4 Å². The SMILES string of the molecule is CC[C@@]1(O)C(=O)OCC2=C1CC1=C(C2=O)N2Cc3c(cccc3CC[Si](C)(C)CN=[N+]=[N-])C=C2N1. The Morgan fingerprint density at radius 1 is 1.34 bits per heavy atom. The van der Waals surface area contributed by atoms with E-state index in [0.717, 1.165) is 29.5 Å². The van der Waals surface area contributed by atoms with Crippen LogP contribution in [0.3, 0.4) is 0 Å². The molecule has 0 radical (unpaired) electrons. The molecule has 3 heterocycles. The number of carbonyl (C=O) groups is 2. The summed E-state index contributed by atoms with van der Waals surface area (Å²) in [7, 11) is -1.66. The zero-order valence-electron chi connectivity index (χ0n) is 20.2. The van der Waals surface area contributed by atoms with Crippen molar-refractivity contribution in [2.75, 3.05) is 12.8 Å². The first-order valence-electron chi connectivity index (χ1n) is 12.0. The van der Waals surface area contributed by atoms with Crippen molar-refractivity contribution in [2.45, 2.75) is 57.5 Å². The molecule has 5 rings (SSSR count). The van der Waals surface area contributed by atoms with E-state index >= 15 is 0 Å². The Hall–Kier alpha value is -3.33. The van der Waals surface area contributed by atoms with Crippen molar-refractivity contribution in [1.29, 1.82) is 0 Å². The highest BCUT2D eigenvalue weighted by Gasteiger charge is 2.51. The quantitative estimate of drug-likeness (QED) is 0.205. The molecule has 0 spiro atoms. The summed E-state index contributed by atoms with van der Waals surface area (Å²) in [4.78, 5) is 30.9. The van der Waals surface area contributed by atoms with Gasteiger partial charge in [0.1, 0.15) is 18.1 Å². The summed E-state index contributed by atoms with van der Waals surface area (Å²) in [5.74, 6) is -0.0481. The molecule has 1 aromatic carbocycles. The molecule has 1 aliphatic carbocycles. The number of Topliss-reactive ketones (excluding diaryl/α,β-unsaturated/α-hetero) is 1. The van der Waals surface area contributed by atoms with E-state index in [4.69, 9.17) is 10.3 Å². The minimum Gasteiger partial charge on any atom is -0.458 e. The summed E-state index contributed by atoms with van der Waals surface area (Å²) < 4.78 is 5.21. The van der Waals surface area contributed by atoms with E-state index in [2.05, 4.69) is 52.7 Å². The van der Waals surface area contributed by atoms with Crippen LogP contribution in [0.4, 0.5) is 0 Å². The van der Waals surface area contributed by atoms with Gasteiger partial charge < -0.3 is 20.1 Å². The highest BCUT2D eigenvalue weighted by molar-refractivity contribution is 6.77. The maximum absolute atomic E-state index is 13.6. The first-order valence-corrected chi connectivity index (χ1v) is 15.4. The number of hydrogen-bond acceptors (Lipinski definition) is 7. The highest BCUT2D eigenvalue weighted by Crippen LogP contribution is 2.44. The van der Waals surface area contributed by atoms with Gasteiger partial charge in [-0.05, 0) is 46.7 Å². The van der Waals surface area contributed by atoms with Gasteiger partial charge in [-0.3, -0.25) is 4.79 Å². The van der Waals surface area contributed by atoms with Crippen LogP contribution in [-0.2, 0) is 27.3 Å². The van der Waals surface area contributed by atoms with Crippen LogP contribution in [0.1, 0.15) is 36.5 Å². The first-order chi connectivity index (χ1) is 16.7. The Kier molecular flexibility index (Phi) is 5.62. The topological polar surface area (TPSA) is 128 Å². The number of rotatable bonds is 6. The molecule has 3 aliphatic heterocycles. The number of nitrogens with one attached hydrogen (secondary N) is 1. The Bertz CT molecular complexity index is 1290. The molecular formula is C25H29N5O4Si. The number of cyclic esters (lactones) is 1. The molecule has 1 aromatic rings. The van der Waals surface area contributed by atoms with Gasteiger partial charge in [-0.25, -0.2) is 4.79 Å². The zero-order valence-corrected chi connectivity index (χ0v) is 21.2. The number of azide groups is 1. The number of ketones is 1. The minimum atomic E-state index is -1.76. The van der Waals surface area contributed by atoms with Gasteiger partial charge in [-0.1, -0.05) is 49.4 Å². The van der Waals surface area contributed by atoms with E-state index in [-0.39, 0.29) is 18.8 Å². The van der Waals surface area contributed by atoms with Gasteiger partial charge in [-0.15, -0.1) is 0 Å². The van der Waals surface area contributed by atoms with Gasteiger partial charge in [0.15, 0.2) is 5.60 Å². The average molecular weight is 492 g/mol. The number of hydrogen-bond donors (Lipinski definition) is 2. The van der Waals surface area contributed by atoms with Crippen LogP contribution in [0.2, 0.25) is 19.1 Å². The second-order valence-electron chi connectivity index (χ2n) is 10.4. The van der Waals surface area contributed by atoms with Crippen LogP contribution in [0.15, 0.2) is 51.7 Å². The number of fused-ring (bicyclic) bond motifs is 3. The largest absolute Gasteiger partial charge is 0.458 e. The van der Waals surface area contributed by atoms with Crippen LogP contribution >= 0.6 is 0 Å². The number of aryl methyl sites for hydroxylation is 1. The van der Waals surface area contributed by atoms with E-state index in [1.165, 1.54) is 11.1 Å². The Morgan fingerprint density at radius 3 is 2.89 bits per heavy atom. The van der Waals surface area contributed by atoms with Crippen LogP contribution in [0.25, 0.3) is 16.5 Å². The minimum absolute atomic E-state index is 0.105. The molecule has 9 nitrogen and oxygen atoms in total. The smallest absolute Gasteiger partial charge is 0.342 e.